The highest BCUT2D eigenvalue weighted by Gasteiger charge is 1.89. The third kappa shape index (κ3) is 5.42. The van der Waals surface area contributed by atoms with E-state index >= 15 is 0 Å². The molecule has 0 unspecified atom stereocenters. The molecule has 0 aliphatic heterocycles. The first-order valence-corrected chi connectivity index (χ1v) is 5.09. The Balaban J connectivity index is 0.000000671. The van der Waals surface area contributed by atoms with Crippen LogP contribution in [0.5, 0.6) is 0 Å². The molecule has 74 valence electrons. The zero-order valence-electron chi connectivity index (χ0n) is 9.22. The van der Waals surface area contributed by atoms with E-state index in [4.69, 9.17) is 0 Å². The molecular weight excluding hydrogens is 158 g/mol. The van der Waals surface area contributed by atoms with E-state index in [1.807, 2.05) is 13.8 Å². The summed E-state index contributed by atoms with van der Waals surface area (Å²) in [6, 6.07) is 8.58. The van der Waals surface area contributed by atoms with Gasteiger partial charge in [0.05, 0.1) is 0 Å². The number of benzene rings is 1. The summed E-state index contributed by atoms with van der Waals surface area (Å²) < 4.78 is 0. The molecule has 13 heavy (non-hydrogen) atoms. The summed E-state index contributed by atoms with van der Waals surface area (Å²) in [5, 5.41) is 3.29. The van der Waals surface area contributed by atoms with Crippen molar-refractivity contribution >= 4 is 0 Å². The van der Waals surface area contributed by atoms with Crippen molar-refractivity contribution in [3.63, 3.8) is 0 Å². The van der Waals surface area contributed by atoms with E-state index in [0.29, 0.717) is 0 Å². The summed E-state index contributed by atoms with van der Waals surface area (Å²) in [6.07, 6.45) is 0. The van der Waals surface area contributed by atoms with Gasteiger partial charge in [0.15, 0.2) is 0 Å². The van der Waals surface area contributed by atoms with Crippen molar-refractivity contribution in [1.29, 1.82) is 0 Å². The maximum atomic E-state index is 3.29. The zero-order valence-corrected chi connectivity index (χ0v) is 9.22. The molecule has 1 aromatic rings. The van der Waals surface area contributed by atoms with E-state index in [9.17, 15) is 0 Å². The van der Waals surface area contributed by atoms with Crippen molar-refractivity contribution in [3.8, 4) is 0 Å². The van der Waals surface area contributed by atoms with Gasteiger partial charge in [-0.05, 0) is 19.0 Å². The lowest BCUT2D eigenvalue weighted by molar-refractivity contribution is 0.726. The maximum Gasteiger partial charge on any atom is 0.0205 e. The smallest absolute Gasteiger partial charge is 0.0205 e. The average Bonchev–Trinajstić information content (AvgIpc) is 2.18. The van der Waals surface area contributed by atoms with Gasteiger partial charge < -0.3 is 5.32 Å². The molecule has 0 aromatic heterocycles. The minimum absolute atomic E-state index is 0.984. The van der Waals surface area contributed by atoms with Crippen LogP contribution in [-0.4, -0.2) is 6.54 Å². The summed E-state index contributed by atoms with van der Waals surface area (Å²) in [7, 11) is 0. The molecule has 1 aromatic carbocycles. The molecule has 1 N–H and O–H groups in total. The normalized spacial score (nSPS) is 8.92. The minimum atomic E-state index is 0.984. The van der Waals surface area contributed by atoms with Crippen molar-refractivity contribution in [2.24, 2.45) is 0 Å². The second kappa shape index (κ2) is 7.81. The van der Waals surface area contributed by atoms with Crippen LogP contribution in [0.2, 0.25) is 0 Å². The van der Waals surface area contributed by atoms with Crippen molar-refractivity contribution in [3.05, 3.63) is 35.4 Å². The Bertz CT molecular complexity index is 218. The minimum Gasteiger partial charge on any atom is -0.313 e. The van der Waals surface area contributed by atoms with E-state index < -0.39 is 0 Å². The molecule has 1 rings (SSSR count). The van der Waals surface area contributed by atoms with Gasteiger partial charge in [-0.2, -0.15) is 0 Å². The quantitative estimate of drug-likeness (QED) is 0.751. The van der Waals surface area contributed by atoms with Crippen LogP contribution in [-0.2, 0) is 6.54 Å². The second-order valence-corrected chi connectivity index (χ2v) is 2.77. The highest BCUT2D eigenvalue weighted by Crippen LogP contribution is 2.02. The van der Waals surface area contributed by atoms with Gasteiger partial charge in [0.1, 0.15) is 0 Å². The SMILES string of the molecule is CC.CCNCc1cccc(C)c1. The summed E-state index contributed by atoms with van der Waals surface area (Å²) in [4.78, 5) is 0. The first-order valence-electron chi connectivity index (χ1n) is 5.09. The standard InChI is InChI=1S/C10H15N.C2H6/c1-3-11-8-10-6-4-5-9(2)7-10;1-2/h4-7,11H,3,8H2,1-2H3;1-2H3. The fourth-order valence-electron chi connectivity index (χ4n) is 1.09. The van der Waals surface area contributed by atoms with Crippen molar-refractivity contribution in [2.75, 3.05) is 6.54 Å². The van der Waals surface area contributed by atoms with Gasteiger partial charge in [-0.3, -0.25) is 0 Å². The maximum absolute atomic E-state index is 3.29. The summed E-state index contributed by atoms with van der Waals surface area (Å²) in [5.41, 5.74) is 2.70. The summed E-state index contributed by atoms with van der Waals surface area (Å²) >= 11 is 0. The molecule has 0 radical (unpaired) electrons. The van der Waals surface area contributed by atoms with Gasteiger partial charge >= 0.3 is 0 Å². The third-order valence-corrected chi connectivity index (χ3v) is 1.66. The van der Waals surface area contributed by atoms with Crippen molar-refractivity contribution in [2.45, 2.75) is 34.2 Å². The predicted octanol–water partition coefficient (Wildman–Crippen LogP) is 3.13. The number of hydrogen-bond acceptors (Lipinski definition) is 1. The van der Waals surface area contributed by atoms with E-state index in [1.165, 1.54) is 11.1 Å². The van der Waals surface area contributed by atoms with E-state index in [0.717, 1.165) is 13.1 Å². The van der Waals surface area contributed by atoms with Crippen LogP contribution in [0.15, 0.2) is 24.3 Å². The van der Waals surface area contributed by atoms with Gasteiger partial charge in [-0.25, -0.2) is 0 Å². The van der Waals surface area contributed by atoms with Crippen LogP contribution in [0.1, 0.15) is 31.9 Å². The molecule has 0 atom stereocenters. The van der Waals surface area contributed by atoms with Crippen LogP contribution in [0.3, 0.4) is 0 Å². The number of nitrogens with one attached hydrogen (secondary N) is 1. The molecule has 1 nitrogen and oxygen atoms in total. The monoisotopic (exact) mass is 179 g/mol. The number of rotatable bonds is 3. The van der Waals surface area contributed by atoms with Gasteiger partial charge in [0.2, 0.25) is 0 Å². The van der Waals surface area contributed by atoms with Crippen LogP contribution >= 0.6 is 0 Å². The summed E-state index contributed by atoms with van der Waals surface area (Å²) in [6.45, 7) is 10.3. The van der Waals surface area contributed by atoms with E-state index in [2.05, 4.69) is 43.4 Å². The zero-order chi connectivity index (χ0) is 10.1. The van der Waals surface area contributed by atoms with Crippen LogP contribution < -0.4 is 5.32 Å². The molecule has 0 heterocycles. The van der Waals surface area contributed by atoms with E-state index in [-0.39, 0.29) is 0 Å². The molecule has 0 saturated carbocycles. The lowest BCUT2D eigenvalue weighted by Gasteiger charge is -2.01. The topological polar surface area (TPSA) is 12.0 Å². The van der Waals surface area contributed by atoms with Gasteiger partial charge in [-0.15, -0.1) is 0 Å². The Morgan fingerprint density at radius 1 is 1.23 bits per heavy atom. The Morgan fingerprint density at radius 3 is 2.46 bits per heavy atom. The van der Waals surface area contributed by atoms with Crippen LogP contribution in [0.25, 0.3) is 0 Å². The molecule has 0 saturated heterocycles. The Morgan fingerprint density at radius 2 is 1.92 bits per heavy atom. The van der Waals surface area contributed by atoms with Crippen molar-refractivity contribution < 1.29 is 0 Å². The van der Waals surface area contributed by atoms with E-state index in [1.54, 1.807) is 0 Å². The highest BCUT2D eigenvalue weighted by atomic mass is 14.8. The molecule has 0 bridgehead atoms. The van der Waals surface area contributed by atoms with Gasteiger partial charge in [0, 0.05) is 6.54 Å². The Hall–Kier alpha value is -0.820. The molecular formula is C12H21N. The van der Waals surface area contributed by atoms with Gasteiger partial charge in [-0.1, -0.05) is 50.6 Å². The summed E-state index contributed by atoms with van der Waals surface area (Å²) in [5.74, 6) is 0. The molecule has 0 fully saturated rings. The fourth-order valence-corrected chi connectivity index (χ4v) is 1.09. The van der Waals surface area contributed by atoms with Crippen molar-refractivity contribution in [1.82, 2.24) is 5.32 Å². The Labute approximate surface area is 82.2 Å². The Kier molecular flexibility index (Phi) is 7.32. The molecule has 0 amide bonds. The molecule has 0 aliphatic rings. The first kappa shape index (κ1) is 12.2. The fraction of sp³-hybridized carbons (Fsp3) is 0.500. The number of aryl methyl sites for hydroxylation is 1. The second-order valence-electron chi connectivity index (χ2n) is 2.77. The third-order valence-electron chi connectivity index (χ3n) is 1.66. The number of hydrogen-bond donors (Lipinski definition) is 1. The highest BCUT2D eigenvalue weighted by molar-refractivity contribution is 5.21. The molecule has 0 spiro atoms. The largest absolute Gasteiger partial charge is 0.313 e. The first-order chi connectivity index (χ1) is 6.33. The van der Waals surface area contributed by atoms with Crippen LogP contribution in [0, 0.1) is 6.92 Å². The van der Waals surface area contributed by atoms with Crippen LogP contribution in [0.4, 0.5) is 0 Å². The lowest BCUT2D eigenvalue weighted by Crippen LogP contribution is -2.11. The lowest BCUT2D eigenvalue weighted by atomic mass is 10.1. The predicted molar refractivity (Wildman–Crippen MR) is 59.9 cm³/mol. The molecule has 0 aliphatic carbocycles. The average molecular weight is 179 g/mol. The van der Waals surface area contributed by atoms with Gasteiger partial charge in [0.25, 0.3) is 0 Å². The molecule has 1 heteroatoms.